The Kier molecular flexibility index (Phi) is 5.02. The Morgan fingerprint density at radius 1 is 1.33 bits per heavy atom. The van der Waals surface area contributed by atoms with Crippen LogP contribution in [0.2, 0.25) is 0 Å². The van der Waals surface area contributed by atoms with Gasteiger partial charge in [-0.2, -0.15) is 0 Å². The molecule has 0 radical (unpaired) electrons. The van der Waals surface area contributed by atoms with Crippen molar-refractivity contribution in [2.24, 2.45) is 5.73 Å². The Bertz CT molecular complexity index is 359. The van der Waals surface area contributed by atoms with Crippen molar-refractivity contribution in [2.45, 2.75) is 32.2 Å². The van der Waals surface area contributed by atoms with Gasteiger partial charge in [-0.25, -0.2) is 0 Å². The maximum absolute atomic E-state index is 5.89. The molecular formula is C15H24N2O. The van der Waals surface area contributed by atoms with Crippen LogP contribution in [0.25, 0.3) is 0 Å². The summed E-state index contributed by atoms with van der Waals surface area (Å²) < 4.78 is 5.81. The van der Waals surface area contributed by atoms with Crippen LogP contribution in [0.5, 0.6) is 5.75 Å². The van der Waals surface area contributed by atoms with Crippen molar-refractivity contribution < 1.29 is 4.74 Å². The summed E-state index contributed by atoms with van der Waals surface area (Å²) in [6, 6.07) is 8.77. The van der Waals surface area contributed by atoms with E-state index in [2.05, 4.69) is 30.0 Å². The second-order valence-corrected chi connectivity index (χ2v) is 5.03. The van der Waals surface area contributed by atoms with Gasteiger partial charge in [-0.15, -0.1) is 0 Å². The molecule has 18 heavy (non-hydrogen) atoms. The van der Waals surface area contributed by atoms with Crippen LogP contribution in [0, 0.1) is 0 Å². The number of rotatable bonds is 5. The van der Waals surface area contributed by atoms with E-state index in [0.717, 1.165) is 51.3 Å². The van der Waals surface area contributed by atoms with Crippen LogP contribution in [0.4, 0.5) is 0 Å². The zero-order valence-electron chi connectivity index (χ0n) is 11.3. The molecule has 3 heteroatoms. The number of hydrogen-bond donors (Lipinski definition) is 1. The van der Waals surface area contributed by atoms with Gasteiger partial charge in [0.25, 0.3) is 0 Å². The van der Waals surface area contributed by atoms with Crippen molar-refractivity contribution in [1.82, 2.24) is 4.90 Å². The van der Waals surface area contributed by atoms with E-state index in [4.69, 9.17) is 10.5 Å². The summed E-state index contributed by atoms with van der Waals surface area (Å²) in [6.45, 7) is 6.15. The number of aryl methyl sites for hydroxylation is 1. The molecule has 1 aliphatic rings. The van der Waals surface area contributed by atoms with Gasteiger partial charge in [-0.05, 0) is 50.0 Å². The third-order valence-electron chi connectivity index (χ3n) is 3.62. The molecule has 1 heterocycles. The normalized spacial score (nSPS) is 17.9. The van der Waals surface area contributed by atoms with Crippen LogP contribution in [-0.4, -0.2) is 37.2 Å². The van der Waals surface area contributed by atoms with Crippen molar-refractivity contribution in [1.29, 1.82) is 0 Å². The van der Waals surface area contributed by atoms with E-state index in [-0.39, 0.29) is 0 Å². The molecular weight excluding hydrogens is 224 g/mol. The van der Waals surface area contributed by atoms with E-state index in [1.807, 2.05) is 6.07 Å². The predicted molar refractivity (Wildman–Crippen MR) is 75.0 cm³/mol. The number of hydrogen-bond acceptors (Lipinski definition) is 3. The van der Waals surface area contributed by atoms with Crippen LogP contribution >= 0.6 is 0 Å². The summed E-state index contributed by atoms with van der Waals surface area (Å²) >= 11 is 0. The monoisotopic (exact) mass is 248 g/mol. The van der Waals surface area contributed by atoms with Gasteiger partial charge in [0.1, 0.15) is 12.4 Å². The first-order valence-electron chi connectivity index (χ1n) is 6.97. The SMILES string of the molecule is CCc1cccc(OCCN2CCC(N)CC2)c1. The predicted octanol–water partition coefficient (Wildman–Crippen LogP) is 2.05. The van der Waals surface area contributed by atoms with E-state index >= 15 is 0 Å². The molecule has 1 saturated heterocycles. The molecule has 2 N–H and O–H groups in total. The fraction of sp³-hybridized carbons (Fsp3) is 0.600. The van der Waals surface area contributed by atoms with Gasteiger partial charge in [-0.1, -0.05) is 19.1 Å². The molecule has 1 aliphatic heterocycles. The van der Waals surface area contributed by atoms with Crippen LogP contribution in [-0.2, 0) is 6.42 Å². The standard InChI is InChI=1S/C15H24N2O/c1-2-13-4-3-5-15(12-13)18-11-10-17-8-6-14(16)7-9-17/h3-5,12,14H,2,6-11,16H2,1H3. The lowest BCUT2D eigenvalue weighted by Crippen LogP contribution is -2.41. The Morgan fingerprint density at radius 2 is 2.11 bits per heavy atom. The van der Waals surface area contributed by atoms with Crippen LogP contribution in [0.1, 0.15) is 25.3 Å². The summed E-state index contributed by atoms with van der Waals surface area (Å²) in [6.07, 6.45) is 3.29. The molecule has 1 aromatic rings. The lowest BCUT2D eigenvalue weighted by molar-refractivity contribution is 0.174. The van der Waals surface area contributed by atoms with Gasteiger partial charge in [-0.3, -0.25) is 4.90 Å². The second kappa shape index (κ2) is 6.76. The van der Waals surface area contributed by atoms with E-state index < -0.39 is 0 Å². The molecule has 0 aromatic heterocycles. The first-order chi connectivity index (χ1) is 8.78. The lowest BCUT2D eigenvalue weighted by atomic mass is 10.1. The van der Waals surface area contributed by atoms with Gasteiger partial charge in [0, 0.05) is 12.6 Å². The zero-order chi connectivity index (χ0) is 12.8. The number of nitrogens with zero attached hydrogens (tertiary/aromatic N) is 1. The minimum absolute atomic E-state index is 0.406. The van der Waals surface area contributed by atoms with Crippen molar-refractivity contribution in [2.75, 3.05) is 26.2 Å². The summed E-state index contributed by atoms with van der Waals surface area (Å²) in [5.41, 5.74) is 7.22. The Morgan fingerprint density at radius 3 is 2.83 bits per heavy atom. The van der Waals surface area contributed by atoms with Gasteiger partial charge in [0.05, 0.1) is 0 Å². The highest BCUT2D eigenvalue weighted by Crippen LogP contribution is 2.14. The van der Waals surface area contributed by atoms with Crippen LogP contribution < -0.4 is 10.5 Å². The second-order valence-electron chi connectivity index (χ2n) is 5.03. The molecule has 0 spiro atoms. The lowest BCUT2D eigenvalue weighted by Gasteiger charge is -2.29. The molecule has 3 nitrogen and oxygen atoms in total. The molecule has 1 aromatic carbocycles. The highest BCUT2D eigenvalue weighted by molar-refractivity contribution is 5.28. The summed E-state index contributed by atoms with van der Waals surface area (Å²) in [4.78, 5) is 2.44. The molecule has 2 rings (SSSR count). The number of piperidine rings is 1. The smallest absolute Gasteiger partial charge is 0.119 e. The maximum Gasteiger partial charge on any atom is 0.119 e. The zero-order valence-corrected chi connectivity index (χ0v) is 11.3. The quantitative estimate of drug-likeness (QED) is 0.866. The number of ether oxygens (including phenoxy) is 1. The average Bonchev–Trinajstić information content (AvgIpc) is 2.41. The van der Waals surface area contributed by atoms with Gasteiger partial charge in [0.15, 0.2) is 0 Å². The third kappa shape index (κ3) is 4.00. The molecule has 0 aliphatic carbocycles. The summed E-state index contributed by atoms with van der Waals surface area (Å²) in [5.74, 6) is 0.989. The Balaban J connectivity index is 1.71. The highest BCUT2D eigenvalue weighted by Gasteiger charge is 2.15. The largest absolute Gasteiger partial charge is 0.492 e. The Labute approximate surface area is 110 Å². The van der Waals surface area contributed by atoms with Gasteiger partial charge in [0.2, 0.25) is 0 Å². The van der Waals surface area contributed by atoms with Gasteiger partial charge < -0.3 is 10.5 Å². The average molecular weight is 248 g/mol. The molecule has 0 unspecified atom stereocenters. The van der Waals surface area contributed by atoms with Gasteiger partial charge >= 0.3 is 0 Å². The summed E-state index contributed by atoms with van der Waals surface area (Å²) in [5, 5.41) is 0. The molecule has 100 valence electrons. The topological polar surface area (TPSA) is 38.5 Å². The minimum atomic E-state index is 0.406. The third-order valence-corrected chi connectivity index (χ3v) is 3.62. The highest BCUT2D eigenvalue weighted by atomic mass is 16.5. The van der Waals surface area contributed by atoms with Crippen molar-refractivity contribution >= 4 is 0 Å². The first-order valence-corrected chi connectivity index (χ1v) is 6.97. The van der Waals surface area contributed by atoms with Crippen molar-refractivity contribution in [3.63, 3.8) is 0 Å². The molecule has 0 saturated carbocycles. The van der Waals surface area contributed by atoms with E-state index in [1.165, 1.54) is 5.56 Å². The molecule has 0 atom stereocenters. The minimum Gasteiger partial charge on any atom is -0.492 e. The van der Waals surface area contributed by atoms with E-state index in [9.17, 15) is 0 Å². The van der Waals surface area contributed by atoms with E-state index in [1.54, 1.807) is 0 Å². The van der Waals surface area contributed by atoms with Crippen molar-refractivity contribution in [3.05, 3.63) is 29.8 Å². The number of benzene rings is 1. The van der Waals surface area contributed by atoms with E-state index in [0.29, 0.717) is 6.04 Å². The summed E-state index contributed by atoms with van der Waals surface area (Å²) in [7, 11) is 0. The Hall–Kier alpha value is -1.06. The van der Waals surface area contributed by atoms with Crippen molar-refractivity contribution in [3.8, 4) is 5.75 Å². The molecule has 1 fully saturated rings. The van der Waals surface area contributed by atoms with Crippen LogP contribution in [0.3, 0.4) is 0 Å². The molecule has 0 amide bonds. The number of nitrogens with two attached hydrogens (primary N) is 1. The first kappa shape index (κ1) is 13.4. The maximum atomic E-state index is 5.89. The fourth-order valence-corrected chi connectivity index (χ4v) is 2.32. The van der Waals surface area contributed by atoms with Crippen LogP contribution in [0.15, 0.2) is 24.3 Å². The fourth-order valence-electron chi connectivity index (χ4n) is 2.32. The molecule has 0 bridgehead atoms. The number of likely N-dealkylation sites (tertiary alicyclic amines) is 1.